The van der Waals surface area contributed by atoms with Crippen molar-refractivity contribution in [2.24, 2.45) is 0 Å². The number of benzene rings is 9. The highest BCUT2D eigenvalue weighted by Crippen LogP contribution is 2.45. The third-order valence-electron chi connectivity index (χ3n) is 12.4. The third-order valence-corrected chi connectivity index (χ3v) is 12.4. The van der Waals surface area contributed by atoms with Gasteiger partial charge in [-0.2, -0.15) is 0 Å². The molecule has 0 bridgehead atoms. The summed E-state index contributed by atoms with van der Waals surface area (Å²) >= 11 is 0. The molecule has 296 valence electrons. The molecule has 3 heterocycles. The SMILES string of the molecule is Cc1cccc(-c2ccc3c(c2)c2ccccc2n3-c2cccc(-c3nc(-c4ccccc4)cc(-c4ccccc4)n3)c2-c2ccccc2-n2c3ccccc3c3ccccc32)c1. The number of nitrogens with zero attached hydrogens (tertiary/aromatic N) is 4. The second-order valence-corrected chi connectivity index (χ2v) is 16.2. The maximum absolute atomic E-state index is 5.45. The van der Waals surface area contributed by atoms with Crippen molar-refractivity contribution < 1.29 is 0 Å². The van der Waals surface area contributed by atoms with Gasteiger partial charge in [-0.05, 0) is 66.6 Å². The van der Waals surface area contributed by atoms with Crippen LogP contribution < -0.4 is 0 Å². The lowest BCUT2D eigenvalue weighted by Gasteiger charge is -2.21. The Hall–Kier alpha value is -8.34. The molecule has 0 aliphatic heterocycles. The second-order valence-electron chi connectivity index (χ2n) is 16.2. The van der Waals surface area contributed by atoms with E-state index in [-0.39, 0.29) is 0 Å². The van der Waals surface area contributed by atoms with Gasteiger partial charge in [0.1, 0.15) is 0 Å². The van der Waals surface area contributed by atoms with Crippen molar-refractivity contribution in [3.8, 4) is 67.5 Å². The molecule has 0 unspecified atom stereocenters. The predicted molar refractivity (Wildman–Crippen MR) is 263 cm³/mol. The molecule has 0 spiro atoms. The lowest BCUT2D eigenvalue weighted by atomic mass is 9.94. The van der Waals surface area contributed by atoms with E-state index >= 15 is 0 Å². The Labute approximate surface area is 365 Å². The molecule has 4 nitrogen and oxygen atoms in total. The van der Waals surface area contributed by atoms with Crippen LogP contribution in [0.25, 0.3) is 111 Å². The fourth-order valence-corrected chi connectivity index (χ4v) is 9.58. The summed E-state index contributed by atoms with van der Waals surface area (Å²) in [5, 5.41) is 4.83. The molecule has 0 N–H and O–H groups in total. The first kappa shape index (κ1) is 36.5. The molecule has 0 aliphatic rings. The van der Waals surface area contributed by atoms with Crippen molar-refractivity contribution >= 4 is 43.6 Å². The number of hydrogen-bond acceptors (Lipinski definition) is 2. The largest absolute Gasteiger partial charge is 0.309 e. The first-order chi connectivity index (χ1) is 31.2. The van der Waals surface area contributed by atoms with Crippen molar-refractivity contribution in [1.82, 2.24) is 19.1 Å². The highest BCUT2D eigenvalue weighted by Gasteiger charge is 2.25. The monoisotopic (exact) mass is 804 g/mol. The first-order valence-corrected chi connectivity index (χ1v) is 21.5. The van der Waals surface area contributed by atoms with Crippen molar-refractivity contribution in [2.45, 2.75) is 6.92 Å². The summed E-state index contributed by atoms with van der Waals surface area (Å²) < 4.78 is 4.88. The maximum atomic E-state index is 5.45. The Kier molecular flexibility index (Phi) is 8.68. The Bertz CT molecular complexity index is 3580. The van der Waals surface area contributed by atoms with E-state index in [0.717, 1.165) is 72.6 Å². The van der Waals surface area contributed by atoms with Gasteiger partial charge in [0.25, 0.3) is 0 Å². The van der Waals surface area contributed by atoms with Gasteiger partial charge in [-0.1, -0.05) is 181 Å². The minimum Gasteiger partial charge on any atom is -0.309 e. The summed E-state index contributed by atoms with van der Waals surface area (Å²) in [7, 11) is 0. The molecule has 3 aromatic heterocycles. The third kappa shape index (κ3) is 6.14. The van der Waals surface area contributed by atoms with Crippen LogP contribution >= 0.6 is 0 Å². The summed E-state index contributed by atoms with van der Waals surface area (Å²) in [4.78, 5) is 10.9. The highest BCUT2D eigenvalue weighted by atomic mass is 15.0. The van der Waals surface area contributed by atoms with Crippen LogP contribution in [0.15, 0.2) is 224 Å². The number of fused-ring (bicyclic) bond motifs is 6. The summed E-state index contributed by atoms with van der Waals surface area (Å²) in [6.45, 7) is 2.15. The van der Waals surface area contributed by atoms with E-state index in [4.69, 9.17) is 9.97 Å². The minimum absolute atomic E-state index is 0.659. The molecular weight excluding hydrogens is 765 g/mol. The number of hydrogen-bond donors (Lipinski definition) is 0. The van der Waals surface area contributed by atoms with E-state index < -0.39 is 0 Å². The second kappa shape index (κ2) is 15.0. The zero-order chi connectivity index (χ0) is 41.9. The van der Waals surface area contributed by atoms with Crippen LogP contribution in [0.4, 0.5) is 0 Å². The fourth-order valence-electron chi connectivity index (χ4n) is 9.58. The van der Waals surface area contributed by atoms with Gasteiger partial charge in [0.05, 0.1) is 44.8 Å². The van der Waals surface area contributed by atoms with E-state index in [0.29, 0.717) is 5.82 Å². The molecule has 0 radical (unpaired) electrons. The zero-order valence-corrected chi connectivity index (χ0v) is 34.7. The van der Waals surface area contributed by atoms with E-state index in [1.165, 1.54) is 38.2 Å². The molecule has 0 atom stereocenters. The molecule has 12 aromatic rings. The topological polar surface area (TPSA) is 35.6 Å². The Morgan fingerprint density at radius 3 is 1.41 bits per heavy atom. The van der Waals surface area contributed by atoms with E-state index in [1.54, 1.807) is 0 Å². The Balaban J connectivity index is 1.20. The van der Waals surface area contributed by atoms with Crippen molar-refractivity contribution in [1.29, 1.82) is 0 Å². The van der Waals surface area contributed by atoms with E-state index in [9.17, 15) is 0 Å². The quantitative estimate of drug-likeness (QED) is 0.161. The molecule has 4 heteroatoms. The number of aromatic nitrogens is 4. The van der Waals surface area contributed by atoms with Gasteiger partial charge in [0, 0.05) is 49.4 Å². The summed E-state index contributed by atoms with van der Waals surface area (Å²) in [6, 6.07) is 80.4. The Morgan fingerprint density at radius 1 is 0.317 bits per heavy atom. The normalized spacial score (nSPS) is 11.6. The lowest BCUT2D eigenvalue weighted by Crippen LogP contribution is -2.04. The molecule has 0 amide bonds. The smallest absolute Gasteiger partial charge is 0.161 e. The predicted octanol–water partition coefficient (Wildman–Crippen LogP) is 15.3. The zero-order valence-electron chi connectivity index (χ0n) is 34.7. The van der Waals surface area contributed by atoms with Crippen LogP contribution in [0.2, 0.25) is 0 Å². The molecule has 0 fully saturated rings. The van der Waals surface area contributed by atoms with Crippen molar-refractivity contribution in [2.75, 3.05) is 0 Å². The van der Waals surface area contributed by atoms with Crippen molar-refractivity contribution in [3.63, 3.8) is 0 Å². The van der Waals surface area contributed by atoms with Crippen molar-refractivity contribution in [3.05, 3.63) is 230 Å². The van der Waals surface area contributed by atoms with Crippen LogP contribution in [-0.4, -0.2) is 19.1 Å². The summed E-state index contributed by atoms with van der Waals surface area (Å²) in [5.41, 5.74) is 17.2. The summed E-state index contributed by atoms with van der Waals surface area (Å²) in [6.07, 6.45) is 0. The Morgan fingerprint density at radius 2 is 0.778 bits per heavy atom. The summed E-state index contributed by atoms with van der Waals surface area (Å²) in [5.74, 6) is 0.659. The van der Waals surface area contributed by atoms with Crippen LogP contribution in [0.5, 0.6) is 0 Å². The molecule has 9 aromatic carbocycles. The van der Waals surface area contributed by atoms with Gasteiger partial charge >= 0.3 is 0 Å². The highest BCUT2D eigenvalue weighted by molar-refractivity contribution is 6.12. The fraction of sp³-hybridized carbons (Fsp3) is 0.0169. The molecule has 63 heavy (non-hydrogen) atoms. The van der Waals surface area contributed by atoms with Crippen LogP contribution in [0, 0.1) is 6.92 Å². The van der Waals surface area contributed by atoms with Crippen LogP contribution in [-0.2, 0) is 0 Å². The van der Waals surface area contributed by atoms with Gasteiger partial charge in [0.15, 0.2) is 5.82 Å². The number of para-hydroxylation sites is 4. The van der Waals surface area contributed by atoms with Crippen LogP contribution in [0.3, 0.4) is 0 Å². The standard InChI is InChI=1S/C59H40N4/c1-39-18-16-23-42(36-39)43-34-35-56-49(37-43)46-26-10-14-31-54(46)63(56)57-33-17-28-48(59-60-50(40-19-4-2-5-20-40)38-51(61-59)41-21-6-3-7-22-41)58(57)47-27-11-15-32-55(47)62-52-29-12-8-24-44(52)45-25-9-13-30-53(45)62/h2-38H,1H3. The average molecular weight is 805 g/mol. The van der Waals surface area contributed by atoms with Gasteiger partial charge < -0.3 is 9.13 Å². The minimum atomic E-state index is 0.659. The van der Waals surface area contributed by atoms with Crippen LogP contribution in [0.1, 0.15) is 5.56 Å². The van der Waals surface area contributed by atoms with Gasteiger partial charge in [0.2, 0.25) is 0 Å². The van der Waals surface area contributed by atoms with Gasteiger partial charge in [-0.25, -0.2) is 9.97 Å². The van der Waals surface area contributed by atoms with E-state index in [2.05, 4.69) is 228 Å². The molecule has 12 rings (SSSR count). The first-order valence-electron chi connectivity index (χ1n) is 21.5. The molecule has 0 aliphatic carbocycles. The maximum Gasteiger partial charge on any atom is 0.161 e. The number of rotatable bonds is 7. The van der Waals surface area contributed by atoms with E-state index in [1.807, 2.05) is 12.1 Å². The number of aryl methyl sites for hydroxylation is 1. The lowest BCUT2D eigenvalue weighted by molar-refractivity contribution is 1.15. The van der Waals surface area contributed by atoms with Gasteiger partial charge in [-0.3, -0.25) is 0 Å². The molecule has 0 saturated carbocycles. The average Bonchev–Trinajstić information content (AvgIpc) is 3.87. The molecule has 0 saturated heterocycles. The molecular formula is C59H40N4. The van der Waals surface area contributed by atoms with Gasteiger partial charge in [-0.15, -0.1) is 0 Å².